The van der Waals surface area contributed by atoms with E-state index in [9.17, 15) is 8.78 Å². The summed E-state index contributed by atoms with van der Waals surface area (Å²) in [5.41, 5.74) is 7.34. The fraction of sp³-hybridized carbons (Fsp3) is 0.143. The van der Waals surface area contributed by atoms with Crippen LogP contribution in [0, 0.1) is 11.6 Å². The number of halogens is 2. The van der Waals surface area contributed by atoms with Crippen molar-refractivity contribution in [3.05, 3.63) is 34.2 Å². The van der Waals surface area contributed by atoms with Crippen LogP contribution in [0.2, 0.25) is 0 Å². The number of ether oxygens (including phenoxy) is 1. The molecule has 1 aromatic carbocycles. The van der Waals surface area contributed by atoms with E-state index in [-0.39, 0.29) is 5.75 Å². The molecule has 4 nitrogen and oxygen atoms in total. The number of methoxy groups -OCH3 is 1. The van der Waals surface area contributed by atoms with Crippen LogP contribution in [-0.4, -0.2) is 7.11 Å². The van der Waals surface area contributed by atoms with Crippen LogP contribution in [-0.2, 0) is 0 Å². The van der Waals surface area contributed by atoms with Crippen LogP contribution in [0.15, 0.2) is 17.2 Å². The first-order valence-corrected chi connectivity index (χ1v) is 3.27. The van der Waals surface area contributed by atoms with E-state index in [2.05, 4.69) is 14.8 Å². The number of azide groups is 1. The zero-order valence-corrected chi connectivity index (χ0v) is 6.66. The number of benzene rings is 1. The Morgan fingerprint density at radius 2 is 1.92 bits per heavy atom. The molecule has 1 aromatic rings. The summed E-state index contributed by atoms with van der Waals surface area (Å²) < 4.78 is 30.4. The lowest BCUT2D eigenvalue weighted by Gasteiger charge is -2.02. The van der Waals surface area contributed by atoms with Crippen molar-refractivity contribution in [1.82, 2.24) is 0 Å². The third kappa shape index (κ3) is 1.86. The topological polar surface area (TPSA) is 58.0 Å². The normalized spacial score (nSPS) is 9.15. The summed E-state index contributed by atoms with van der Waals surface area (Å²) in [5, 5.41) is 2.86. The van der Waals surface area contributed by atoms with Crippen molar-refractivity contribution in [2.24, 2.45) is 5.11 Å². The molecule has 68 valence electrons. The van der Waals surface area contributed by atoms with Crippen LogP contribution in [0.25, 0.3) is 10.4 Å². The lowest BCUT2D eigenvalue weighted by molar-refractivity contribution is 0.407. The van der Waals surface area contributed by atoms with Gasteiger partial charge in [-0.25, -0.2) is 8.78 Å². The van der Waals surface area contributed by atoms with Crippen molar-refractivity contribution < 1.29 is 13.5 Å². The maximum absolute atomic E-state index is 12.9. The van der Waals surface area contributed by atoms with Crippen molar-refractivity contribution in [3.63, 3.8) is 0 Å². The average molecular weight is 185 g/mol. The monoisotopic (exact) mass is 185 g/mol. The lowest BCUT2D eigenvalue weighted by atomic mass is 10.3. The Bertz CT molecular complexity index is 351. The Kier molecular flexibility index (Phi) is 2.66. The first-order valence-electron chi connectivity index (χ1n) is 3.27. The number of nitrogens with zero attached hydrogens (tertiary/aromatic N) is 3. The molecule has 0 aliphatic rings. The zero-order valence-electron chi connectivity index (χ0n) is 6.66. The van der Waals surface area contributed by atoms with Gasteiger partial charge in [-0.2, -0.15) is 0 Å². The molecule has 13 heavy (non-hydrogen) atoms. The van der Waals surface area contributed by atoms with Gasteiger partial charge in [-0.1, -0.05) is 5.11 Å². The lowest BCUT2D eigenvalue weighted by Crippen LogP contribution is -1.87. The fourth-order valence-electron chi connectivity index (χ4n) is 0.800. The number of hydrogen-bond donors (Lipinski definition) is 0. The molecule has 0 fully saturated rings. The molecule has 6 heteroatoms. The number of hydrogen-bond acceptors (Lipinski definition) is 2. The van der Waals surface area contributed by atoms with E-state index in [1.807, 2.05) is 0 Å². The highest BCUT2D eigenvalue weighted by atomic mass is 19.1. The van der Waals surface area contributed by atoms with E-state index in [0.717, 1.165) is 12.1 Å². The molecule has 0 N–H and O–H groups in total. The molecular formula is C7H5F2N3O. The molecule has 0 aliphatic carbocycles. The van der Waals surface area contributed by atoms with E-state index in [1.54, 1.807) is 0 Å². The highest BCUT2D eigenvalue weighted by Gasteiger charge is 2.09. The first kappa shape index (κ1) is 9.28. The van der Waals surface area contributed by atoms with Gasteiger partial charge >= 0.3 is 0 Å². The van der Waals surface area contributed by atoms with Crippen LogP contribution >= 0.6 is 0 Å². The van der Waals surface area contributed by atoms with Gasteiger partial charge in [-0.15, -0.1) is 0 Å². The Hall–Kier alpha value is -1.81. The van der Waals surface area contributed by atoms with Crippen molar-refractivity contribution in [3.8, 4) is 5.75 Å². The van der Waals surface area contributed by atoms with E-state index >= 15 is 0 Å². The first-order chi connectivity index (χ1) is 6.19. The van der Waals surface area contributed by atoms with E-state index in [0.29, 0.717) is 0 Å². The zero-order chi connectivity index (χ0) is 9.84. The van der Waals surface area contributed by atoms with Crippen molar-refractivity contribution in [2.45, 2.75) is 0 Å². The smallest absolute Gasteiger partial charge is 0.139 e. The molecule has 1 rings (SSSR count). The maximum Gasteiger partial charge on any atom is 0.139 e. The molecular weight excluding hydrogens is 180 g/mol. The molecule has 0 unspecified atom stereocenters. The van der Waals surface area contributed by atoms with Gasteiger partial charge in [-0.3, -0.25) is 0 Å². The molecule has 0 saturated carbocycles. The van der Waals surface area contributed by atoms with Crippen LogP contribution in [0.1, 0.15) is 0 Å². The van der Waals surface area contributed by atoms with Crippen LogP contribution in [0.5, 0.6) is 5.75 Å². The molecule has 0 spiro atoms. The fourth-order valence-corrected chi connectivity index (χ4v) is 0.800. The molecule has 0 aromatic heterocycles. The highest BCUT2D eigenvalue weighted by molar-refractivity contribution is 5.44. The Balaban J connectivity index is 3.30. The number of rotatable bonds is 2. The van der Waals surface area contributed by atoms with Gasteiger partial charge in [0.25, 0.3) is 0 Å². The Morgan fingerprint density at radius 1 is 1.38 bits per heavy atom. The van der Waals surface area contributed by atoms with E-state index < -0.39 is 17.3 Å². The minimum Gasteiger partial charge on any atom is -0.497 e. The van der Waals surface area contributed by atoms with E-state index in [4.69, 9.17) is 5.53 Å². The molecule has 0 radical (unpaired) electrons. The SMILES string of the molecule is COc1cc(F)c(N=[N+]=[N-])c(F)c1. The van der Waals surface area contributed by atoms with Gasteiger partial charge in [0.15, 0.2) is 0 Å². The summed E-state index contributed by atoms with van der Waals surface area (Å²) in [5.74, 6) is -1.86. The van der Waals surface area contributed by atoms with Gasteiger partial charge < -0.3 is 4.74 Å². The summed E-state index contributed by atoms with van der Waals surface area (Å²) in [7, 11) is 1.28. The summed E-state index contributed by atoms with van der Waals surface area (Å²) in [6.07, 6.45) is 0. The standard InChI is InChI=1S/C7H5F2N3O/c1-13-4-2-5(8)7(11-12-10)6(9)3-4/h2-3H,1H3. The van der Waals surface area contributed by atoms with Gasteiger partial charge in [0, 0.05) is 17.0 Å². The predicted molar refractivity (Wildman–Crippen MR) is 41.7 cm³/mol. The van der Waals surface area contributed by atoms with Crippen LogP contribution in [0.4, 0.5) is 14.5 Å². The van der Waals surface area contributed by atoms with Crippen molar-refractivity contribution in [2.75, 3.05) is 7.11 Å². The van der Waals surface area contributed by atoms with Crippen LogP contribution < -0.4 is 4.74 Å². The van der Waals surface area contributed by atoms with Crippen molar-refractivity contribution >= 4 is 5.69 Å². The van der Waals surface area contributed by atoms with Crippen LogP contribution in [0.3, 0.4) is 0 Å². The molecule has 0 saturated heterocycles. The van der Waals surface area contributed by atoms with Gasteiger partial charge in [0.1, 0.15) is 23.1 Å². The van der Waals surface area contributed by atoms with Gasteiger partial charge in [0.05, 0.1) is 7.11 Å². The second-order valence-electron chi connectivity index (χ2n) is 2.13. The second kappa shape index (κ2) is 3.73. The quantitative estimate of drug-likeness (QED) is 0.397. The molecule has 0 bridgehead atoms. The average Bonchev–Trinajstić information content (AvgIpc) is 2.11. The Labute approximate surface area is 72.4 Å². The van der Waals surface area contributed by atoms with E-state index in [1.165, 1.54) is 7.11 Å². The third-order valence-electron chi connectivity index (χ3n) is 1.37. The summed E-state index contributed by atoms with van der Waals surface area (Å²) in [6.45, 7) is 0. The Morgan fingerprint density at radius 3 is 2.31 bits per heavy atom. The summed E-state index contributed by atoms with van der Waals surface area (Å²) in [4.78, 5) is 2.29. The maximum atomic E-state index is 12.9. The van der Waals surface area contributed by atoms with Gasteiger partial charge in [0.2, 0.25) is 0 Å². The minimum absolute atomic E-state index is 0.0342. The molecule has 0 amide bonds. The minimum atomic E-state index is -0.949. The molecule has 0 aliphatic heterocycles. The third-order valence-corrected chi connectivity index (χ3v) is 1.37. The van der Waals surface area contributed by atoms with Gasteiger partial charge in [-0.05, 0) is 5.53 Å². The molecule has 0 atom stereocenters. The summed E-state index contributed by atoms with van der Waals surface area (Å²) in [6, 6.07) is 1.88. The largest absolute Gasteiger partial charge is 0.497 e. The highest BCUT2D eigenvalue weighted by Crippen LogP contribution is 2.26. The second-order valence-corrected chi connectivity index (χ2v) is 2.13. The summed E-state index contributed by atoms with van der Waals surface area (Å²) >= 11 is 0. The van der Waals surface area contributed by atoms with Crippen molar-refractivity contribution in [1.29, 1.82) is 0 Å². The molecule has 0 heterocycles. The predicted octanol–water partition coefficient (Wildman–Crippen LogP) is 2.92.